The molecular weight excluding hydrogens is 385 g/mol. The minimum absolute atomic E-state index is 0.0801. The summed E-state index contributed by atoms with van der Waals surface area (Å²) in [6, 6.07) is 14.2. The van der Waals surface area contributed by atoms with E-state index in [1.165, 1.54) is 0 Å². The van der Waals surface area contributed by atoms with Crippen LogP contribution in [0.25, 0.3) is 0 Å². The summed E-state index contributed by atoms with van der Waals surface area (Å²) in [6.45, 7) is 3.44. The Balaban J connectivity index is 1.84. The number of anilines is 2. The highest BCUT2D eigenvalue weighted by Gasteiger charge is 2.13. The number of nitrogens with one attached hydrogen (secondary N) is 2. The van der Waals surface area contributed by atoms with Crippen LogP contribution in [-0.2, 0) is 9.59 Å². The molecule has 0 saturated carbocycles. The quantitative estimate of drug-likeness (QED) is 0.634. The molecule has 2 aromatic carbocycles. The second kappa shape index (κ2) is 10.9. The summed E-state index contributed by atoms with van der Waals surface area (Å²) in [4.78, 5) is 26.4. The molecule has 2 rings (SSSR count). The molecule has 0 spiro atoms. The fraction of sp³-hybridized carbons (Fsp3) is 0.300. The average molecular weight is 408 g/mol. The lowest BCUT2D eigenvalue weighted by atomic mass is 10.2. The first-order valence-electron chi connectivity index (χ1n) is 8.80. The zero-order chi connectivity index (χ0) is 19.6. The standard InChI is InChI=1S/C20H23Cl2N3O2/c1-2-11-25(12-10-19(26)23-16-6-4-3-5-7-16)14-20(27)24-18-9-8-15(21)13-17(18)22/h3-9,13H,2,10-12,14H2,1H3,(H,23,26)(H,24,27). The van der Waals surface area contributed by atoms with E-state index in [1.807, 2.05) is 42.2 Å². The van der Waals surface area contributed by atoms with Gasteiger partial charge in [0.2, 0.25) is 11.8 Å². The molecule has 0 unspecified atom stereocenters. The van der Waals surface area contributed by atoms with Crippen LogP contribution in [0, 0.1) is 0 Å². The maximum Gasteiger partial charge on any atom is 0.238 e. The molecule has 0 heterocycles. The minimum atomic E-state index is -0.184. The molecular formula is C20H23Cl2N3O2. The molecule has 0 aliphatic rings. The molecule has 2 N–H and O–H groups in total. The summed E-state index contributed by atoms with van der Waals surface area (Å²) in [5.74, 6) is -0.264. The van der Waals surface area contributed by atoms with Crippen molar-refractivity contribution in [3.8, 4) is 0 Å². The van der Waals surface area contributed by atoms with Gasteiger partial charge in [-0.25, -0.2) is 0 Å². The van der Waals surface area contributed by atoms with Crippen LogP contribution in [0.5, 0.6) is 0 Å². The Hall–Kier alpha value is -2.08. The predicted molar refractivity (Wildman–Crippen MR) is 112 cm³/mol. The van der Waals surface area contributed by atoms with E-state index in [9.17, 15) is 9.59 Å². The van der Waals surface area contributed by atoms with Crippen LogP contribution in [0.4, 0.5) is 11.4 Å². The van der Waals surface area contributed by atoms with Gasteiger partial charge in [-0.3, -0.25) is 14.5 Å². The third-order valence-electron chi connectivity index (χ3n) is 3.82. The maximum atomic E-state index is 12.3. The average Bonchev–Trinajstić information content (AvgIpc) is 2.63. The monoisotopic (exact) mass is 407 g/mol. The molecule has 0 saturated heterocycles. The Morgan fingerprint density at radius 3 is 2.37 bits per heavy atom. The largest absolute Gasteiger partial charge is 0.326 e. The lowest BCUT2D eigenvalue weighted by Crippen LogP contribution is -2.36. The lowest BCUT2D eigenvalue weighted by molar-refractivity contribution is -0.119. The van der Waals surface area contributed by atoms with Crippen LogP contribution < -0.4 is 10.6 Å². The fourth-order valence-corrected chi connectivity index (χ4v) is 3.03. The number of halogens is 2. The Kier molecular flexibility index (Phi) is 8.58. The summed E-state index contributed by atoms with van der Waals surface area (Å²) in [5.41, 5.74) is 1.28. The molecule has 0 aliphatic heterocycles. The summed E-state index contributed by atoms with van der Waals surface area (Å²) in [6.07, 6.45) is 1.19. The van der Waals surface area contributed by atoms with E-state index in [4.69, 9.17) is 23.2 Å². The highest BCUT2D eigenvalue weighted by atomic mass is 35.5. The summed E-state index contributed by atoms with van der Waals surface area (Å²) in [7, 11) is 0. The molecule has 144 valence electrons. The van der Waals surface area contributed by atoms with Gasteiger partial charge in [-0.2, -0.15) is 0 Å². The van der Waals surface area contributed by atoms with Crippen LogP contribution >= 0.6 is 23.2 Å². The van der Waals surface area contributed by atoms with Crippen molar-refractivity contribution < 1.29 is 9.59 Å². The molecule has 2 aromatic rings. The number of carbonyl (C=O) groups excluding carboxylic acids is 2. The number of hydrogen-bond donors (Lipinski definition) is 2. The van der Waals surface area contributed by atoms with Gasteiger partial charge in [0, 0.05) is 23.7 Å². The van der Waals surface area contributed by atoms with Crippen LogP contribution in [0.1, 0.15) is 19.8 Å². The van der Waals surface area contributed by atoms with Gasteiger partial charge in [-0.05, 0) is 43.3 Å². The van der Waals surface area contributed by atoms with E-state index in [0.717, 1.165) is 18.7 Å². The van der Waals surface area contributed by atoms with Gasteiger partial charge in [0.15, 0.2) is 0 Å². The molecule has 0 fully saturated rings. The first kappa shape index (κ1) is 21.2. The molecule has 0 aromatic heterocycles. The van der Waals surface area contributed by atoms with E-state index in [0.29, 0.717) is 28.7 Å². The summed E-state index contributed by atoms with van der Waals surface area (Å²) >= 11 is 12.0. The minimum Gasteiger partial charge on any atom is -0.326 e. The predicted octanol–water partition coefficient (Wildman–Crippen LogP) is 4.67. The SMILES string of the molecule is CCCN(CCC(=O)Nc1ccccc1)CC(=O)Nc1ccc(Cl)cc1Cl. The molecule has 0 bridgehead atoms. The lowest BCUT2D eigenvalue weighted by Gasteiger charge is -2.21. The maximum absolute atomic E-state index is 12.3. The van der Waals surface area contributed by atoms with E-state index < -0.39 is 0 Å². The topological polar surface area (TPSA) is 61.4 Å². The van der Waals surface area contributed by atoms with E-state index >= 15 is 0 Å². The van der Waals surface area contributed by atoms with Gasteiger partial charge < -0.3 is 10.6 Å². The normalized spacial score (nSPS) is 10.7. The molecule has 0 atom stereocenters. The number of benzene rings is 2. The number of rotatable bonds is 9. The number of amides is 2. The zero-order valence-corrected chi connectivity index (χ0v) is 16.7. The van der Waals surface area contributed by atoms with Crippen LogP contribution in [-0.4, -0.2) is 36.3 Å². The van der Waals surface area contributed by atoms with Gasteiger partial charge in [0.05, 0.1) is 17.3 Å². The van der Waals surface area contributed by atoms with Crippen molar-refractivity contribution in [1.82, 2.24) is 4.90 Å². The van der Waals surface area contributed by atoms with Gasteiger partial charge >= 0.3 is 0 Å². The molecule has 0 aliphatic carbocycles. The molecule has 2 amide bonds. The smallest absolute Gasteiger partial charge is 0.238 e. The number of para-hydroxylation sites is 1. The van der Waals surface area contributed by atoms with E-state index in [1.54, 1.807) is 18.2 Å². The highest BCUT2D eigenvalue weighted by molar-refractivity contribution is 6.36. The molecule has 0 radical (unpaired) electrons. The Labute approximate surface area is 169 Å². The second-order valence-electron chi connectivity index (χ2n) is 6.11. The number of carbonyl (C=O) groups is 2. The number of nitrogens with zero attached hydrogens (tertiary/aromatic N) is 1. The van der Waals surface area contributed by atoms with Crippen molar-refractivity contribution >= 4 is 46.4 Å². The van der Waals surface area contributed by atoms with E-state index in [-0.39, 0.29) is 18.4 Å². The van der Waals surface area contributed by atoms with Crippen molar-refractivity contribution in [2.24, 2.45) is 0 Å². The van der Waals surface area contributed by atoms with Crippen molar-refractivity contribution in [3.05, 3.63) is 58.6 Å². The van der Waals surface area contributed by atoms with Crippen LogP contribution in [0.2, 0.25) is 10.0 Å². The van der Waals surface area contributed by atoms with Gasteiger partial charge in [0.1, 0.15) is 0 Å². The third-order valence-corrected chi connectivity index (χ3v) is 4.37. The first-order chi connectivity index (χ1) is 13.0. The van der Waals surface area contributed by atoms with Gasteiger partial charge in [-0.1, -0.05) is 48.3 Å². The van der Waals surface area contributed by atoms with Crippen LogP contribution in [0.15, 0.2) is 48.5 Å². The zero-order valence-electron chi connectivity index (χ0n) is 15.2. The Morgan fingerprint density at radius 1 is 0.963 bits per heavy atom. The van der Waals surface area contributed by atoms with Crippen LogP contribution in [0.3, 0.4) is 0 Å². The molecule has 7 heteroatoms. The highest BCUT2D eigenvalue weighted by Crippen LogP contribution is 2.25. The Bertz CT molecular complexity index is 769. The van der Waals surface area contributed by atoms with Gasteiger partial charge in [-0.15, -0.1) is 0 Å². The van der Waals surface area contributed by atoms with Crippen molar-refractivity contribution in [3.63, 3.8) is 0 Å². The van der Waals surface area contributed by atoms with Gasteiger partial charge in [0.25, 0.3) is 0 Å². The number of hydrogen-bond acceptors (Lipinski definition) is 3. The van der Waals surface area contributed by atoms with Crippen molar-refractivity contribution in [2.75, 3.05) is 30.3 Å². The van der Waals surface area contributed by atoms with E-state index in [2.05, 4.69) is 10.6 Å². The van der Waals surface area contributed by atoms with Crippen molar-refractivity contribution in [2.45, 2.75) is 19.8 Å². The Morgan fingerprint density at radius 2 is 1.70 bits per heavy atom. The first-order valence-corrected chi connectivity index (χ1v) is 9.55. The molecule has 27 heavy (non-hydrogen) atoms. The summed E-state index contributed by atoms with van der Waals surface area (Å²) < 4.78 is 0. The third kappa shape index (κ3) is 7.59. The fourth-order valence-electron chi connectivity index (χ4n) is 2.57. The molecule has 5 nitrogen and oxygen atoms in total. The van der Waals surface area contributed by atoms with Crippen molar-refractivity contribution in [1.29, 1.82) is 0 Å². The summed E-state index contributed by atoms with van der Waals surface area (Å²) in [5, 5.41) is 6.53. The second-order valence-corrected chi connectivity index (χ2v) is 6.96.